The molecule has 0 saturated carbocycles. The van der Waals surface area contributed by atoms with Crippen LogP contribution >= 0.6 is 0 Å². The van der Waals surface area contributed by atoms with E-state index in [1.807, 2.05) is 55.8 Å². The van der Waals surface area contributed by atoms with Gasteiger partial charge in [0.2, 0.25) is 0 Å². The summed E-state index contributed by atoms with van der Waals surface area (Å²) in [6.07, 6.45) is 2.66. The number of Topliss-reactive ketones (excluding diaryl/α,β-unsaturated/α-hetero) is 1. The van der Waals surface area contributed by atoms with Crippen molar-refractivity contribution < 1.29 is 4.79 Å². The summed E-state index contributed by atoms with van der Waals surface area (Å²) in [5.41, 5.74) is 1.08. The van der Waals surface area contributed by atoms with E-state index in [9.17, 15) is 4.79 Å². The van der Waals surface area contributed by atoms with Crippen LogP contribution in [-0.2, 0) is 11.2 Å². The van der Waals surface area contributed by atoms with Gasteiger partial charge in [0.15, 0.2) is 0 Å². The van der Waals surface area contributed by atoms with Gasteiger partial charge >= 0.3 is 0 Å². The molecule has 0 aliphatic rings. The van der Waals surface area contributed by atoms with Crippen LogP contribution in [0.25, 0.3) is 0 Å². The molecule has 0 spiro atoms. The number of aromatic nitrogens is 3. The van der Waals surface area contributed by atoms with Gasteiger partial charge in [0.1, 0.15) is 17.9 Å². The summed E-state index contributed by atoms with van der Waals surface area (Å²) in [6, 6.07) is 10.2. The molecule has 0 N–H and O–H groups in total. The lowest BCUT2D eigenvalue weighted by atomic mass is 9.90. The van der Waals surface area contributed by atoms with Crippen molar-refractivity contribution in [1.82, 2.24) is 14.8 Å². The second-order valence-corrected chi connectivity index (χ2v) is 5.23. The van der Waals surface area contributed by atoms with E-state index in [1.165, 1.54) is 6.33 Å². The number of hydrogen-bond donors (Lipinski definition) is 0. The first-order chi connectivity index (χ1) is 9.63. The van der Waals surface area contributed by atoms with Gasteiger partial charge in [-0.25, -0.2) is 9.67 Å². The van der Waals surface area contributed by atoms with Crippen molar-refractivity contribution in [1.29, 1.82) is 0 Å². The van der Waals surface area contributed by atoms with E-state index in [0.29, 0.717) is 6.42 Å². The number of hydrogen-bond acceptors (Lipinski definition) is 3. The quantitative estimate of drug-likeness (QED) is 0.810. The van der Waals surface area contributed by atoms with Gasteiger partial charge in [0.25, 0.3) is 0 Å². The fourth-order valence-corrected chi connectivity index (χ4v) is 2.45. The van der Waals surface area contributed by atoms with E-state index in [-0.39, 0.29) is 17.7 Å². The third kappa shape index (κ3) is 3.13. The Bertz CT molecular complexity index is 560. The summed E-state index contributed by atoms with van der Waals surface area (Å²) in [5.74, 6) is 0.890. The normalized spacial score (nSPS) is 12.6. The van der Waals surface area contributed by atoms with Gasteiger partial charge < -0.3 is 0 Å². The smallest absolute Gasteiger partial charge is 0.147 e. The third-order valence-corrected chi connectivity index (χ3v) is 3.47. The first-order valence-electron chi connectivity index (χ1n) is 7.09. The average Bonchev–Trinajstić information content (AvgIpc) is 2.89. The van der Waals surface area contributed by atoms with E-state index in [4.69, 9.17) is 0 Å². The Morgan fingerprint density at radius 3 is 2.55 bits per heavy atom. The molecule has 0 radical (unpaired) electrons. The molecular weight excluding hydrogens is 250 g/mol. The van der Waals surface area contributed by atoms with E-state index in [2.05, 4.69) is 10.1 Å². The fraction of sp³-hybridized carbons (Fsp3) is 0.438. The van der Waals surface area contributed by atoms with E-state index >= 15 is 0 Å². The molecule has 4 heteroatoms. The van der Waals surface area contributed by atoms with Gasteiger partial charge in [-0.15, -0.1) is 0 Å². The largest absolute Gasteiger partial charge is 0.299 e. The lowest BCUT2D eigenvalue weighted by molar-refractivity contribution is -0.120. The molecule has 1 unspecified atom stereocenters. The number of carbonyl (C=O) groups is 1. The number of ketones is 1. The Morgan fingerprint density at radius 1 is 1.25 bits per heavy atom. The predicted octanol–water partition coefficient (Wildman–Crippen LogP) is 3.16. The van der Waals surface area contributed by atoms with Gasteiger partial charge in [-0.3, -0.25) is 4.79 Å². The minimum Gasteiger partial charge on any atom is -0.299 e. The van der Waals surface area contributed by atoms with Crippen LogP contribution in [-0.4, -0.2) is 20.5 Å². The molecule has 106 valence electrons. The van der Waals surface area contributed by atoms with Crippen molar-refractivity contribution in [3.63, 3.8) is 0 Å². The van der Waals surface area contributed by atoms with Crippen molar-refractivity contribution in [3.8, 4) is 0 Å². The maximum atomic E-state index is 12.5. The number of nitrogens with zero attached hydrogens (tertiary/aromatic N) is 3. The Labute approximate surface area is 119 Å². The fourth-order valence-electron chi connectivity index (χ4n) is 2.45. The lowest BCUT2D eigenvalue weighted by Crippen LogP contribution is -2.18. The molecule has 2 aromatic rings. The van der Waals surface area contributed by atoms with E-state index in [0.717, 1.165) is 17.8 Å². The first-order valence-corrected chi connectivity index (χ1v) is 7.09. The van der Waals surface area contributed by atoms with Crippen LogP contribution in [0.1, 0.15) is 50.5 Å². The predicted molar refractivity (Wildman–Crippen MR) is 78.6 cm³/mol. The minimum absolute atomic E-state index is 0.0616. The second-order valence-electron chi connectivity index (χ2n) is 5.23. The Kier molecular flexibility index (Phi) is 4.66. The highest BCUT2D eigenvalue weighted by Crippen LogP contribution is 2.22. The zero-order valence-corrected chi connectivity index (χ0v) is 12.3. The van der Waals surface area contributed by atoms with Gasteiger partial charge in [-0.2, -0.15) is 5.10 Å². The van der Waals surface area contributed by atoms with Crippen LogP contribution in [0, 0.1) is 0 Å². The SMILES string of the molecule is CCC(C(=O)Cc1ncnn1C(C)C)c1ccccc1. The number of rotatable bonds is 6. The van der Waals surface area contributed by atoms with Crippen molar-refractivity contribution in [3.05, 3.63) is 48.0 Å². The number of benzene rings is 1. The van der Waals surface area contributed by atoms with Crippen molar-refractivity contribution in [2.75, 3.05) is 0 Å². The van der Waals surface area contributed by atoms with Crippen LogP contribution in [0.5, 0.6) is 0 Å². The van der Waals surface area contributed by atoms with Crippen molar-refractivity contribution in [2.24, 2.45) is 0 Å². The maximum absolute atomic E-state index is 12.5. The van der Waals surface area contributed by atoms with Gasteiger partial charge in [-0.1, -0.05) is 37.3 Å². The molecule has 1 atom stereocenters. The van der Waals surface area contributed by atoms with Gasteiger partial charge in [0, 0.05) is 12.0 Å². The summed E-state index contributed by atoms with van der Waals surface area (Å²) in [4.78, 5) is 16.8. The summed E-state index contributed by atoms with van der Waals surface area (Å²) in [7, 11) is 0. The summed E-state index contributed by atoms with van der Waals surface area (Å²) in [5, 5.41) is 4.18. The maximum Gasteiger partial charge on any atom is 0.147 e. The molecule has 0 aliphatic heterocycles. The molecule has 0 aliphatic carbocycles. The van der Waals surface area contributed by atoms with Crippen LogP contribution < -0.4 is 0 Å². The highest BCUT2D eigenvalue weighted by molar-refractivity contribution is 5.87. The zero-order chi connectivity index (χ0) is 14.5. The van der Waals surface area contributed by atoms with E-state index in [1.54, 1.807) is 0 Å². The van der Waals surface area contributed by atoms with Crippen LogP contribution in [0.4, 0.5) is 0 Å². The van der Waals surface area contributed by atoms with Crippen LogP contribution in [0.3, 0.4) is 0 Å². The average molecular weight is 271 g/mol. The third-order valence-electron chi connectivity index (χ3n) is 3.47. The molecule has 4 nitrogen and oxygen atoms in total. The molecule has 0 saturated heterocycles. The van der Waals surface area contributed by atoms with Gasteiger partial charge in [-0.05, 0) is 25.8 Å². The molecule has 0 amide bonds. The Balaban J connectivity index is 2.16. The van der Waals surface area contributed by atoms with Crippen molar-refractivity contribution in [2.45, 2.75) is 45.6 Å². The summed E-state index contributed by atoms with van der Waals surface area (Å²) in [6.45, 7) is 6.12. The first kappa shape index (κ1) is 14.4. The van der Waals surface area contributed by atoms with Crippen LogP contribution in [0.15, 0.2) is 36.7 Å². The van der Waals surface area contributed by atoms with Crippen molar-refractivity contribution >= 4 is 5.78 Å². The minimum atomic E-state index is -0.0616. The molecule has 2 rings (SSSR count). The molecule has 20 heavy (non-hydrogen) atoms. The van der Waals surface area contributed by atoms with Crippen LogP contribution in [0.2, 0.25) is 0 Å². The monoisotopic (exact) mass is 271 g/mol. The zero-order valence-electron chi connectivity index (χ0n) is 12.3. The summed E-state index contributed by atoms with van der Waals surface area (Å²) < 4.78 is 1.82. The topological polar surface area (TPSA) is 47.8 Å². The molecule has 1 aromatic carbocycles. The standard InChI is InChI=1S/C16H21N3O/c1-4-14(13-8-6-5-7-9-13)15(20)10-16-17-11-18-19(16)12(2)3/h5-9,11-12,14H,4,10H2,1-3H3. The Hall–Kier alpha value is -1.97. The molecular formula is C16H21N3O. The highest BCUT2D eigenvalue weighted by Gasteiger charge is 2.21. The molecule has 1 aromatic heterocycles. The second kappa shape index (κ2) is 6.46. The molecule has 0 bridgehead atoms. The number of carbonyl (C=O) groups excluding carboxylic acids is 1. The Morgan fingerprint density at radius 2 is 1.95 bits per heavy atom. The summed E-state index contributed by atoms with van der Waals surface area (Å²) >= 11 is 0. The highest BCUT2D eigenvalue weighted by atomic mass is 16.1. The molecule has 1 heterocycles. The molecule has 0 fully saturated rings. The lowest BCUT2D eigenvalue weighted by Gasteiger charge is -2.15. The van der Waals surface area contributed by atoms with Gasteiger partial charge in [0.05, 0.1) is 6.42 Å². The van der Waals surface area contributed by atoms with E-state index < -0.39 is 0 Å².